The molecular formula is C18H29N. The molecular weight excluding hydrogens is 230 g/mol. The molecule has 0 bridgehead atoms. The molecule has 0 aromatic heterocycles. The first-order valence-electron chi connectivity index (χ1n) is 7.62. The lowest BCUT2D eigenvalue weighted by Crippen LogP contribution is -2.33. The zero-order chi connectivity index (χ0) is 14.7. The van der Waals surface area contributed by atoms with Crippen molar-refractivity contribution in [3.05, 3.63) is 29.8 Å². The second-order valence-electron chi connectivity index (χ2n) is 4.33. The molecule has 0 saturated carbocycles. The van der Waals surface area contributed by atoms with Crippen molar-refractivity contribution in [2.24, 2.45) is 5.92 Å². The molecule has 1 aliphatic heterocycles. The fourth-order valence-electron chi connectivity index (χ4n) is 2.12. The van der Waals surface area contributed by atoms with Crippen molar-refractivity contribution in [2.45, 2.75) is 47.5 Å². The zero-order valence-corrected chi connectivity index (χ0v) is 13.2. The highest BCUT2D eigenvalue weighted by Crippen LogP contribution is 2.25. The van der Waals surface area contributed by atoms with Crippen molar-refractivity contribution >= 4 is 5.69 Å². The molecule has 1 nitrogen and oxygen atoms in total. The van der Waals surface area contributed by atoms with Crippen molar-refractivity contribution in [2.75, 3.05) is 18.0 Å². The number of hydrogen-bond acceptors (Lipinski definition) is 1. The first-order chi connectivity index (χ1) is 9.31. The van der Waals surface area contributed by atoms with Crippen LogP contribution in [0.3, 0.4) is 0 Å². The molecule has 1 fully saturated rings. The Labute approximate surface area is 120 Å². The van der Waals surface area contributed by atoms with Gasteiger partial charge in [-0.05, 0) is 30.9 Å². The van der Waals surface area contributed by atoms with E-state index in [1.807, 2.05) is 39.8 Å². The summed E-state index contributed by atoms with van der Waals surface area (Å²) in [6, 6.07) is 8.22. The van der Waals surface area contributed by atoms with Gasteiger partial charge in [0.1, 0.15) is 0 Å². The third-order valence-corrected chi connectivity index (χ3v) is 3.18. The molecule has 1 heteroatoms. The molecule has 2 rings (SSSR count). The molecule has 106 valence electrons. The molecule has 0 aliphatic carbocycles. The number of nitrogens with zero attached hydrogens (tertiary/aromatic N) is 1. The van der Waals surface area contributed by atoms with Crippen LogP contribution in [-0.2, 0) is 0 Å². The molecule has 1 heterocycles. The van der Waals surface area contributed by atoms with Crippen LogP contribution < -0.4 is 4.90 Å². The standard InChI is InChI=1S/C14H17N.2C2H6/c1-3-13-6-4-5-7-14(13)15-10-8-12(2)9-11-15;2*1-2/h1,4-7,12H,8-11H2,2H3;2*1-2H3. The van der Waals surface area contributed by atoms with Gasteiger partial charge in [-0.25, -0.2) is 0 Å². The number of rotatable bonds is 1. The van der Waals surface area contributed by atoms with Crippen molar-refractivity contribution in [3.8, 4) is 12.3 Å². The van der Waals surface area contributed by atoms with Gasteiger partial charge in [-0.2, -0.15) is 0 Å². The summed E-state index contributed by atoms with van der Waals surface area (Å²) in [5.74, 6) is 3.62. The van der Waals surface area contributed by atoms with E-state index in [1.54, 1.807) is 0 Å². The number of hydrogen-bond donors (Lipinski definition) is 0. The van der Waals surface area contributed by atoms with E-state index >= 15 is 0 Å². The lowest BCUT2D eigenvalue weighted by molar-refractivity contribution is 0.438. The first kappa shape index (κ1) is 17.6. The van der Waals surface area contributed by atoms with E-state index in [4.69, 9.17) is 6.42 Å². The summed E-state index contributed by atoms with van der Waals surface area (Å²) >= 11 is 0. The van der Waals surface area contributed by atoms with Crippen LogP contribution in [0.4, 0.5) is 5.69 Å². The largest absolute Gasteiger partial charge is 0.371 e. The van der Waals surface area contributed by atoms with Gasteiger partial charge in [0.15, 0.2) is 0 Å². The summed E-state index contributed by atoms with van der Waals surface area (Å²) in [5, 5.41) is 0. The molecule has 0 radical (unpaired) electrons. The highest BCUT2D eigenvalue weighted by molar-refractivity contribution is 5.60. The number of para-hydroxylation sites is 1. The maximum atomic E-state index is 5.51. The van der Waals surface area contributed by atoms with Crippen LogP contribution in [0, 0.1) is 18.3 Å². The molecule has 1 saturated heterocycles. The quantitative estimate of drug-likeness (QED) is 0.645. The summed E-state index contributed by atoms with van der Waals surface area (Å²) in [6.45, 7) is 12.6. The average Bonchev–Trinajstić information content (AvgIpc) is 2.52. The van der Waals surface area contributed by atoms with Crippen molar-refractivity contribution < 1.29 is 0 Å². The van der Waals surface area contributed by atoms with Gasteiger partial charge in [-0.15, -0.1) is 6.42 Å². The SMILES string of the molecule is C#Cc1ccccc1N1CCC(C)CC1.CC.CC. The fraction of sp³-hybridized carbons (Fsp3) is 0.556. The molecule has 1 aliphatic rings. The minimum absolute atomic E-state index is 0.860. The van der Waals surface area contributed by atoms with E-state index in [0.717, 1.165) is 24.6 Å². The predicted molar refractivity (Wildman–Crippen MR) is 87.7 cm³/mol. The third-order valence-electron chi connectivity index (χ3n) is 3.18. The number of benzene rings is 1. The van der Waals surface area contributed by atoms with Gasteiger partial charge in [0.05, 0.1) is 5.69 Å². The van der Waals surface area contributed by atoms with E-state index in [2.05, 4.69) is 29.9 Å². The van der Waals surface area contributed by atoms with Crippen LogP contribution in [-0.4, -0.2) is 13.1 Å². The summed E-state index contributed by atoms with van der Waals surface area (Å²) in [4.78, 5) is 2.41. The topological polar surface area (TPSA) is 3.24 Å². The Hall–Kier alpha value is -1.42. The van der Waals surface area contributed by atoms with Crippen LogP contribution >= 0.6 is 0 Å². The number of piperidine rings is 1. The van der Waals surface area contributed by atoms with Crippen molar-refractivity contribution in [1.29, 1.82) is 0 Å². The lowest BCUT2D eigenvalue weighted by atomic mass is 9.98. The Balaban J connectivity index is 0.000000741. The Morgan fingerprint density at radius 1 is 1.05 bits per heavy atom. The predicted octanol–water partition coefficient (Wildman–Crippen LogP) is 4.96. The minimum Gasteiger partial charge on any atom is -0.371 e. The van der Waals surface area contributed by atoms with Crippen LogP contribution in [0.5, 0.6) is 0 Å². The first-order valence-corrected chi connectivity index (χ1v) is 7.62. The highest BCUT2D eigenvalue weighted by Gasteiger charge is 2.17. The van der Waals surface area contributed by atoms with Gasteiger partial charge in [0, 0.05) is 18.7 Å². The second kappa shape index (κ2) is 10.5. The summed E-state index contributed by atoms with van der Waals surface area (Å²) in [6.07, 6.45) is 8.06. The molecule has 0 atom stereocenters. The molecule has 0 N–H and O–H groups in total. The van der Waals surface area contributed by atoms with Gasteiger partial charge in [0.25, 0.3) is 0 Å². The maximum absolute atomic E-state index is 5.51. The third kappa shape index (κ3) is 5.39. The van der Waals surface area contributed by atoms with Crippen molar-refractivity contribution in [3.63, 3.8) is 0 Å². The number of anilines is 1. The normalized spacial score (nSPS) is 14.4. The van der Waals surface area contributed by atoms with E-state index in [9.17, 15) is 0 Å². The Bertz CT molecular complexity index is 368. The van der Waals surface area contributed by atoms with Gasteiger partial charge in [-0.1, -0.05) is 52.7 Å². The van der Waals surface area contributed by atoms with E-state index in [0.29, 0.717) is 0 Å². The smallest absolute Gasteiger partial charge is 0.0525 e. The second-order valence-corrected chi connectivity index (χ2v) is 4.33. The lowest BCUT2D eigenvalue weighted by Gasteiger charge is -2.32. The van der Waals surface area contributed by atoms with E-state index < -0.39 is 0 Å². The maximum Gasteiger partial charge on any atom is 0.0525 e. The minimum atomic E-state index is 0.860. The summed E-state index contributed by atoms with van der Waals surface area (Å²) in [7, 11) is 0. The molecule has 0 unspecified atom stereocenters. The van der Waals surface area contributed by atoms with E-state index in [-0.39, 0.29) is 0 Å². The highest BCUT2D eigenvalue weighted by atomic mass is 15.1. The van der Waals surface area contributed by atoms with E-state index in [1.165, 1.54) is 18.5 Å². The average molecular weight is 259 g/mol. The molecule has 0 amide bonds. The zero-order valence-electron chi connectivity index (χ0n) is 13.2. The molecule has 1 aromatic rings. The monoisotopic (exact) mass is 259 g/mol. The Morgan fingerprint density at radius 3 is 2.11 bits per heavy atom. The van der Waals surface area contributed by atoms with Crippen LogP contribution in [0.1, 0.15) is 53.0 Å². The Kier molecular flexibility index (Phi) is 9.71. The van der Waals surface area contributed by atoms with Gasteiger partial charge >= 0.3 is 0 Å². The fourth-order valence-corrected chi connectivity index (χ4v) is 2.12. The summed E-state index contributed by atoms with van der Waals surface area (Å²) in [5.41, 5.74) is 2.25. The Morgan fingerprint density at radius 2 is 1.58 bits per heavy atom. The summed E-state index contributed by atoms with van der Waals surface area (Å²) < 4.78 is 0. The van der Waals surface area contributed by atoms with Crippen LogP contribution in [0.25, 0.3) is 0 Å². The van der Waals surface area contributed by atoms with Crippen LogP contribution in [0.2, 0.25) is 0 Å². The molecule has 0 spiro atoms. The van der Waals surface area contributed by atoms with Gasteiger partial charge < -0.3 is 4.90 Å². The van der Waals surface area contributed by atoms with Crippen LogP contribution in [0.15, 0.2) is 24.3 Å². The van der Waals surface area contributed by atoms with Gasteiger partial charge in [-0.3, -0.25) is 0 Å². The molecule has 19 heavy (non-hydrogen) atoms. The number of terminal acetylenes is 1. The molecule has 1 aromatic carbocycles. The van der Waals surface area contributed by atoms with Crippen molar-refractivity contribution in [1.82, 2.24) is 0 Å². The van der Waals surface area contributed by atoms with Gasteiger partial charge in [0.2, 0.25) is 0 Å².